The smallest absolute Gasteiger partial charge is 0.344 e. The molecule has 2 atom stereocenters. The summed E-state index contributed by atoms with van der Waals surface area (Å²) in [7, 11) is 1.54. The number of allylic oxidation sites excluding steroid dienone is 1. The molecule has 0 heterocycles. The van der Waals surface area contributed by atoms with Crippen LogP contribution in [0.4, 0.5) is 0 Å². The molecule has 6 nitrogen and oxygen atoms in total. The maximum Gasteiger partial charge on any atom is 0.344 e. The maximum absolute atomic E-state index is 12.0. The van der Waals surface area contributed by atoms with Gasteiger partial charge in [0.05, 0.1) is 7.11 Å². The van der Waals surface area contributed by atoms with Crippen LogP contribution in [0, 0.1) is 5.92 Å². The third-order valence-electron chi connectivity index (χ3n) is 4.71. The van der Waals surface area contributed by atoms with Crippen LogP contribution in [-0.4, -0.2) is 38.2 Å². The zero-order valence-electron chi connectivity index (χ0n) is 16.3. The molecule has 1 N–H and O–H groups in total. The first kappa shape index (κ1) is 20.8. The number of esters is 1. The van der Waals surface area contributed by atoms with Crippen LogP contribution in [0.15, 0.2) is 24.3 Å². The Morgan fingerprint density at radius 1 is 1.19 bits per heavy atom. The van der Waals surface area contributed by atoms with Gasteiger partial charge < -0.3 is 19.5 Å². The van der Waals surface area contributed by atoms with Gasteiger partial charge >= 0.3 is 5.97 Å². The molecule has 27 heavy (non-hydrogen) atoms. The van der Waals surface area contributed by atoms with Gasteiger partial charge in [0.15, 0.2) is 24.7 Å². The van der Waals surface area contributed by atoms with Gasteiger partial charge in [0.2, 0.25) is 0 Å². The number of hydrogen-bond donors (Lipinski definition) is 1. The normalized spacial score (nSPS) is 19.5. The van der Waals surface area contributed by atoms with Crippen molar-refractivity contribution in [3.8, 4) is 11.5 Å². The number of benzene rings is 1. The van der Waals surface area contributed by atoms with Crippen LogP contribution in [0.2, 0.25) is 0 Å². The molecule has 148 valence electrons. The van der Waals surface area contributed by atoms with Crippen LogP contribution >= 0.6 is 0 Å². The van der Waals surface area contributed by atoms with Crippen LogP contribution < -0.4 is 14.8 Å². The topological polar surface area (TPSA) is 73.9 Å². The van der Waals surface area contributed by atoms with Crippen molar-refractivity contribution in [1.29, 1.82) is 0 Å². The summed E-state index contributed by atoms with van der Waals surface area (Å²) in [4.78, 5) is 23.8. The third-order valence-corrected chi connectivity index (χ3v) is 4.71. The number of nitrogens with one attached hydrogen (secondary N) is 1. The summed E-state index contributed by atoms with van der Waals surface area (Å²) < 4.78 is 15.8. The van der Waals surface area contributed by atoms with Crippen LogP contribution in [0.1, 0.15) is 45.1 Å². The molecule has 2 rings (SSSR count). The van der Waals surface area contributed by atoms with Crippen LogP contribution in [0.5, 0.6) is 11.5 Å². The predicted octanol–water partition coefficient (Wildman–Crippen LogP) is 3.35. The number of amides is 1. The highest BCUT2D eigenvalue weighted by molar-refractivity contribution is 5.81. The standard InChI is InChI=1S/C21H29NO5/c1-4-7-16-10-11-18(19(12-16)25-3)26-14-21(24)27-13-20(23)22-17-9-6-5-8-15(17)2/h4,7,10-12,15,17H,5-6,8-9,13-14H2,1-3H3,(H,22,23)/b7-4+/t15-,17-/m1/s1. The molecule has 0 bridgehead atoms. The van der Waals surface area contributed by atoms with Crippen LogP contribution in [0.3, 0.4) is 0 Å². The van der Waals surface area contributed by atoms with E-state index in [9.17, 15) is 9.59 Å². The molecule has 0 radical (unpaired) electrons. The zero-order chi connectivity index (χ0) is 19.6. The minimum absolute atomic E-state index is 0.168. The predicted molar refractivity (Wildman–Crippen MR) is 104 cm³/mol. The van der Waals surface area contributed by atoms with E-state index in [1.807, 2.05) is 31.2 Å². The number of carbonyl (C=O) groups excluding carboxylic acids is 2. The van der Waals surface area contributed by atoms with Gasteiger partial charge in [0.1, 0.15) is 0 Å². The molecule has 0 unspecified atom stereocenters. The summed E-state index contributed by atoms with van der Waals surface area (Å²) in [5, 5.41) is 2.95. The second kappa shape index (κ2) is 10.6. The Balaban J connectivity index is 1.76. The number of hydrogen-bond acceptors (Lipinski definition) is 5. The van der Waals surface area contributed by atoms with Crippen molar-refractivity contribution >= 4 is 18.0 Å². The fourth-order valence-electron chi connectivity index (χ4n) is 3.20. The summed E-state index contributed by atoms with van der Waals surface area (Å²) in [6, 6.07) is 5.58. The summed E-state index contributed by atoms with van der Waals surface area (Å²) in [5.74, 6) is 0.571. The Labute approximate surface area is 160 Å². The highest BCUT2D eigenvalue weighted by atomic mass is 16.6. The molecule has 1 amide bonds. The van der Waals surface area contributed by atoms with E-state index in [0.29, 0.717) is 17.4 Å². The molecule has 1 aromatic carbocycles. The highest BCUT2D eigenvalue weighted by Gasteiger charge is 2.23. The van der Waals surface area contributed by atoms with E-state index in [-0.39, 0.29) is 25.2 Å². The summed E-state index contributed by atoms with van der Waals surface area (Å²) in [6.45, 7) is 3.49. The fraction of sp³-hybridized carbons (Fsp3) is 0.524. The lowest BCUT2D eigenvalue weighted by Crippen LogP contribution is -2.43. The summed E-state index contributed by atoms with van der Waals surface area (Å²) in [5.41, 5.74) is 0.970. The van der Waals surface area contributed by atoms with Crippen molar-refractivity contribution in [2.75, 3.05) is 20.3 Å². The van der Waals surface area contributed by atoms with Gasteiger partial charge in [-0.3, -0.25) is 4.79 Å². The molecule has 0 aliphatic heterocycles. The maximum atomic E-state index is 12.0. The zero-order valence-corrected chi connectivity index (χ0v) is 16.3. The van der Waals surface area contributed by atoms with Gasteiger partial charge in [0, 0.05) is 6.04 Å². The molecule has 0 aromatic heterocycles. The second-order valence-corrected chi connectivity index (χ2v) is 6.80. The van der Waals surface area contributed by atoms with Gasteiger partial charge in [-0.15, -0.1) is 0 Å². The van der Waals surface area contributed by atoms with Crippen LogP contribution in [0.25, 0.3) is 6.08 Å². The van der Waals surface area contributed by atoms with Crippen LogP contribution in [-0.2, 0) is 14.3 Å². The monoisotopic (exact) mass is 375 g/mol. The molecular formula is C21H29NO5. The minimum Gasteiger partial charge on any atom is -0.493 e. The molecule has 6 heteroatoms. The first-order valence-corrected chi connectivity index (χ1v) is 9.42. The van der Waals surface area contributed by atoms with Gasteiger partial charge in [-0.05, 0) is 43.4 Å². The Bertz CT molecular complexity index is 671. The molecule has 0 spiro atoms. The Morgan fingerprint density at radius 3 is 2.67 bits per heavy atom. The first-order valence-electron chi connectivity index (χ1n) is 9.42. The number of ether oxygens (including phenoxy) is 3. The van der Waals surface area contributed by atoms with Crippen molar-refractivity contribution in [2.24, 2.45) is 5.92 Å². The van der Waals surface area contributed by atoms with Crippen molar-refractivity contribution in [3.05, 3.63) is 29.8 Å². The lowest BCUT2D eigenvalue weighted by Gasteiger charge is -2.29. The van der Waals surface area contributed by atoms with Crippen molar-refractivity contribution in [2.45, 2.75) is 45.6 Å². The number of methoxy groups -OCH3 is 1. The number of carbonyl (C=O) groups is 2. The largest absolute Gasteiger partial charge is 0.493 e. The number of rotatable bonds is 8. The Kier molecular flexibility index (Phi) is 8.17. The molecule has 1 aliphatic rings. The SMILES string of the molecule is C/C=C/c1ccc(OCC(=O)OCC(=O)N[C@@H]2CCCC[C@H]2C)c(OC)c1. The molecule has 1 fully saturated rings. The quantitative estimate of drug-likeness (QED) is 0.706. The van der Waals surface area contributed by atoms with Crippen molar-refractivity contribution in [3.63, 3.8) is 0 Å². The average Bonchev–Trinajstić information content (AvgIpc) is 2.67. The Hall–Kier alpha value is -2.50. The molecule has 1 aromatic rings. The molecule has 1 saturated carbocycles. The molecule has 0 saturated heterocycles. The van der Waals surface area contributed by atoms with Gasteiger partial charge in [-0.1, -0.05) is 38.0 Å². The third kappa shape index (κ3) is 6.62. The van der Waals surface area contributed by atoms with Crippen molar-refractivity contribution < 1.29 is 23.8 Å². The minimum atomic E-state index is -0.596. The van der Waals surface area contributed by atoms with E-state index in [4.69, 9.17) is 14.2 Å². The second-order valence-electron chi connectivity index (χ2n) is 6.80. The van der Waals surface area contributed by atoms with E-state index < -0.39 is 5.97 Å². The van der Waals surface area contributed by atoms with E-state index >= 15 is 0 Å². The van der Waals surface area contributed by atoms with E-state index in [0.717, 1.165) is 24.8 Å². The Morgan fingerprint density at radius 2 is 1.96 bits per heavy atom. The first-order chi connectivity index (χ1) is 13.0. The lowest BCUT2D eigenvalue weighted by atomic mass is 9.86. The van der Waals surface area contributed by atoms with Gasteiger partial charge in [0.25, 0.3) is 5.91 Å². The highest BCUT2D eigenvalue weighted by Crippen LogP contribution is 2.28. The van der Waals surface area contributed by atoms with Crippen molar-refractivity contribution in [1.82, 2.24) is 5.32 Å². The molecular weight excluding hydrogens is 346 g/mol. The average molecular weight is 375 g/mol. The fourth-order valence-corrected chi connectivity index (χ4v) is 3.20. The lowest BCUT2D eigenvalue weighted by molar-refractivity contribution is -0.150. The summed E-state index contributed by atoms with van der Waals surface area (Å²) >= 11 is 0. The van der Waals surface area contributed by atoms with Gasteiger partial charge in [-0.25, -0.2) is 4.79 Å². The molecule has 1 aliphatic carbocycles. The van der Waals surface area contributed by atoms with E-state index in [1.54, 1.807) is 6.07 Å². The van der Waals surface area contributed by atoms with E-state index in [1.165, 1.54) is 13.5 Å². The summed E-state index contributed by atoms with van der Waals surface area (Å²) in [6.07, 6.45) is 8.29. The van der Waals surface area contributed by atoms with E-state index in [2.05, 4.69) is 12.2 Å². The van der Waals surface area contributed by atoms with Gasteiger partial charge in [-0.2, -0.15) is 0 Å².